The molecule has 0 atom stereocenters. The molecule has 0 aliphatic carbocycles. The van der Waals surface area contributed by atoms with E-state index >= 15 is 0 Å². The van der Waals surface area contributed by atoms with Gasteiger partial charge in [0.2, 0.25) is 0 Å². The summed E-state index contributed by atoms with van der Waals surface area (Å²) >= 11 is 9.33. The highest BCUT2D eigenvalue weighted by molar-refractivity contribution is 9.10. The predicted octanol–water partition coefficient (Wildman–Crippen LogP) is 4.81. The zero-order valence-electron chi connectivity index (χ0n) is 11.0. The standard InChI is InChI=1S/C16H12BrClN2O/c17-13-8-12(18)5-6-15(13)21-9-11-7-10-3-1-2-4-14(10)20-16(11)19/h1-8H,9H2,(H2,19,20). The van der Waals surface area contributed by atoms with Crippen LogP contribution in [0.4, 0.5) is 5.82 Å². The maximum atomic E-state index is 5.99. The van der Waals surface area contributed by atoms with Crippen LogP contribution in [0.3, 0.4) is 0 Å². The Labute approximate surface area is 135 Å². The van der Waals surface area contributed by atoms with Gasteiger partial charge < -0.3 is 10.5 Å². The number of para-hydroxylation sites is 1. The first kappa shape index (κ1) is 14.2. The van der Waals surface area contributed by atoms with Gasteiger partial charge in [0.1, 0.15) is 18.2 Å². The molecule has 3 nitrogen and oxygen atoms in total. The summed E-state index contributed by atoms with van der Waals surface area (Å²) in [4.78, 5) is 4.39. The molecular weight excluding hydrogens is 352 g/mol. The van der Waals surface area contributed by atoms with Gasteiger partial charge in [-0.25, -0.2) is 4.98 Å². The second-order valence-corrected chi connectivity index (χ2v) is 5.88. The van der Waals surface area contributed by atoms with Crippen molar-refractivity contribution >= 4 is 44.3 Å². The van der Waals surface area contributed by atoms with Crippen LogP contribution in [0.5, 0.6) is 5.75 Å². The van der Waals surface area contributed by atoms with Crippen LogP contribution in [-0.2, 0) is 6.61 Å². The van der Waals surface area contributed by atoms with E-state index in [1.54, 1.807) is 12.1 Å². The predicted molar refractivity (Wildman–Crippen MR) is 89.6 cm³/mol. The number of nitrogens with two attached hydrogens (primary N) is 1. The average Bonchev–Trinajstić information content (AvgIpc) is 2.46. The number of anilines is 1. The van der Waals surface area contributed by atoms with Gasteiger partial charge >= 0.3 is 0 Å². The third kappa shape index (κ3) is 3.12. The maximum absolute atomic E-state index is 5.99. The Morgan fingerprint density at radius 1 is 1.14 bits per heavy atom. The number of benzene rings is 2. The molecule has 0 aliphatic heterocycles. The van der Waals surface area contributed by atoms with Crippen molar-refractivity contribution in [3.8, 4) is 5.75 Å². The van der Waals surface area contributed by atoms with Gasteiger partial charge in [-0.05, 0) is 46.3 Å². The van der Waals surface area contributed by atoms with Crippen LogP contribution in [0.15, 0.2) is 53.0 Å². The second kappa shape index (κ2) is 5.92. The fraction of sp³-hybridized carbons (Fsp3) is 0.0625. The lowest BCUT2D eigenvalue weighted by molar-refractivity contribution is 0.305. The van der Waals surface area contributed by atoms with Crippen molar-refractivity contribution in [2.45, 2.75) is 6.61 Å². The third-order valence-corrected chi connectivity index (χ3v) is 3.97. The first-order chi connectivity index (χ1) is 10.1. The van der Waals surface area contributed by atoms with E-state index in [-0.39, 0.29) is 0 Å². The van der Waals surface area contributed by atoms with Crippen molar-refractivity contribution in [1.29, 1.82) is 0 Å². The molecule has 106 valence electrons. The molecule has 1 heterocycles. The molecule has 2 N–H and O–H groups in total. The Morgan fingerprint density at radius 3 is 2.76 bits per heavy atom. The number of rotatable bonds is 3. The topological polar surface area (TPSA) is 48.1 Å². The zero-order valence-corrected chi connectivity index (χ0v) is 13.4. The fourth-order valence-corrected chi connectivity index (χ4v) is 2.84. The smallest absolute Gasteiger partial charge is 0.134 e. The lowest BCUT2D eigenvalue weighted by atomic mass is 10.1. The lowest BCUT2D eigenvalue weighted by Gasteiger charge is -2.11. The van der Waals surface area contributed by atoms with Crippen molar-refractivity contribution in [2.75, 3.05) is 5.73 Å². The second-order valence-electron chi connectivity index (χ2n) is 4.59. The summed E-state index contributed by atoms with van der Waals surface area (Å²) in [5.74, 6) is 1.20. The summed E-state index contributed by atoms with van der Waals surface area (Å²) in [6.45, 7) is 0.351. The molecule has 2 aromatic carbocycles. The molecule has 0 spiro atoms. The van der Waals surface area contributed by atoms with Crippen LogP contribution < -0.4 is 10.5 Å². The molecule has 21 heavy (non-hydrogen) atoms. The number of aromatic nitrogens is 1. The van der Waals surface area contributed by atoms with E-state index in [1.807, 2.05) is 36.4 Å². The van der Waals surface area contributed by atoms with Crippen LogP contribution in [0.1, 0.15) is 5.56 Å². The van der Waals surface area contributed by atoms with Crippen LogP contribution in [0.25, 0.3) is 10.9 Å². The Morgan fingerprint density at radius 2 is 1.95 bits per heavy atom. The Balaban J connectivity index is 1.86. The van der Waals surface area contributed by atoms with Gasteiger partial charge in [-0.2, -0.15) is 0 Å². The molecule has 3 rings (SSSR count). The van der Waals surface area contributed by atoms with Gasteiger partial charge in [-0.3, -0.25) is 0 Å². The number of nitrogens with zero attached hydrogens (tertiary/aromatic N) is 1. The van der Waals surface area contributed by atoms with Crippen LogP contribution in [0.2, 0.25) is 5.02 Å². The highest BCUT2D eigenvalue weighted by Crippen LogP contribution is 2.29. The normalized spacial score (nSPS) is 10.8. The molecule has 5 heteroatoms. The van der Waals surface area contributed by atoms with Gasteiger partial charge in [-0.1, -0.05) is 29.8 Å². The van der Waals surface area contributed by atoms with E-state index in [0.717, 1.165) is 20.9 Å². The van der Waals surface area contributed by atoms with Crippen LogP contribution in [0, 0.1) is 0 Å². The Kier molecular flexibility index (Phi) is 3.99. The number of halogens is 2. The SMILES string of the molecule is Nc1nc2ccccc2cc1COc1ccc(Cl)cc1Br. The van der Waals surface area contributed by atoms with Crippen LogP contribution >= 0.6 is 27.5 Å². The van der Waals surface area contributed by atoms with Crippen molar-refractivity contribution in [3.63, 3.8) is 0 Å². The highest BCUT2D eigenvalue weighted by atomic mass is 79.9. The molecule has 0 fully saturated rings. The minimum absolute atomic E-state index is 0.351. The van der Waals surface area contributed by atoms with E-state index in [2.05, 4.69) is 20.9 Å². The molecule has 1 aromatic heterocycles. The summed E-state index contributed by atoms with van der Waals surface area (Å²) in [6.07, 6.45) is 0. The van der Waals surface area contributed by atoms with E-state index in [1.165, 1.54) is 0 Å². The minimum atomic E-state index is 0.351. The molecule has 0 aliphatic rings. The number of ether oxygens (including phenoxy) is 1. The molecule has 3 aromatic rings. The van der Waals surface area contributed by atoms with Gasteiger partial charge in [0.15, 0.2) is 0 Å². The zero-order chi connectivity index (χ0) is 14.8. The highest BCUT2D eigenvalue weighted by Gasteiger charge is 2.07. The van der Waals surface area contributed by atoms with Gasteiger partial charge in [0, 0.05) is 16.0 Å². The van der Waals surface area contributed by atoms with Gasteiger partial charge in [0.05, 0.1) is 9.99 Å². The number of nitrogen functional groups attached to an aromatic ring is 1. The molecule has 0 radical (unpaired) electrons. The molecule has 0 saturated heterocycles. The van der Waals surface area contributed by atoms with Crippen molar-refractivity contribution in [3.05, 3.63) is 63.6 Å². The van der Waals surface area contributed by atoms with Crippen LogP contribution in [-0.4, -0.2) is 4.98 Å². The van der Waals surface area contributed by atoms with E-state index in [4.69, 9.17) is 22.1 Å². The molecule has 0 amide bonds. The maximum Gasteiger partial charge on any atom is 0.134 e. The van der Waals surface area contributed by atoms with Gasteiger partial charge in [0.25, 0.3) is 0 Å². The van der Waals surface area contributed by atoms with Gasteiger partial charge in [-0.15, -0.1) is 0 Å². The Bertz CT molecular complexity index is 807. The summed E-state index contributed by atoms with van der Waals surface area (Å²) in [5, 5.41) is 1.70. The van der Waals surface area contributed by atoms with E-state index in [0.29, 0.717) is 23.2 Å². The molecule has 0 saturated carbocycles. The average molecular weight is 364 g/mol. The molecule has 0 unspecified atom stereocenters. The largest absolute Gasteiger partial charge is 0.488 e. The lowest BCUT2D eigenvalue weighted by Crippen LogP contribution is -2.03. The quantitative estimate of drug-likeness (QED) is 0.726. The Hall–Kier alpha value is -1.78. The molecule has 0 bridgehead atoms. The van der Waals surface area contributed by atoms with E-state index < -0.39 is 0 Å². The first-order valence-corrected chi connectivity index (χ1v) is 7.52. The van der Waals surface area contributed by atoms with E-state index in [9.17, 15) is 0 Å². The molecular formula is C16H12BrClN2O. The number of hydrogen-bond donors (Lipinski definition) is 1. The van der Waals surface area contributed by atoms with Crippen molar-refractivity contribution in [1.82, 2.24) is 4.98 Å². The first-order valence-electron chi connectivity index (χ1n) is 6.35. The minimum Gasteiger partial charge on any atom is -0.488 e. The fourth-order valence-electron chi connectivity index (χ4n) is 2.04. The van der Waals surface area contributed by atoms with Crippen molar-refractivity contribution < 1.29 is 4.74 Å². The number of pyridine rings is 1. The number of fused-ring (bicyclic) bond motifs is 1. The summed E-state index contributed by atoms with van der Waals surface area (Å²) in [6, 6.07) is 15.2. The monoisotopic (exact) mass is 362 g/mol. The number of hydrogen-bond acceptors (Lipinski definition) is 3. The summed E-state index contributed by atoms with van der Waals surface area (Å²) in [5.41, 5.74) is 7.73. The summed E-state index contributed by atoms with van der Waals surface area (Å²) < 4.78 is 6.59. The van der Waals surface area contributed by atoms with Crippen molar-refractivity contribution in [2.24, 2.45) is 0 Å². The third-order valence-electron chi connectivity index (χ3n) is 3.11. The summed E-state index contributed by atoms with van der Waals surface area (Å²) in [7, 11) is 0.